The number of nitrogens with one attached hydrogen (secondary N) is 1. The van der Waals surface area contributed by atoms with Crippen molar-refractivity contribution >= 4 is 23.9 Å². The lowest BCUT2D eigenvalue weighted by Crippen LogP contribution is -2.57. The van der Waals surface area contributed by atoms with Crippen molar-refractivity contribution in [2.45, 2.75) is 123 Å². The Morgan fingerprint density at radius 3 is 2.13 bits per heavy atom. The van der Waals surface area contributed by atoms with E-state index in [1.807, 2.05) is 68.4 Å². The molecule has 2 rings (SSSR count). The van der Waals surface area contributed by atoms with Gasteiger partial charge in [-0.15, -0.1) is 0 Å². The van der Waals surface area contributed by atoms with Gasteiger partial charge in [-0.25, -0.2) is 9.59 Å². The highest BCUT2D eigenvalue weighted by atomic mass is 16.6. The van der Waals surface area contributed by atoms with E-state index >= 15 is 0 Å². The van der Waals surface area contributed by atoms with Gasteiger partial charge in [0.2, 0.25) is 11.8 Å². The second kappa shape index (κ2) is 18.9. The third kappa shape index (κ3) is 12.9. The van der Waals surface area contributed by atoms with E-state index in [-0.39, 0.29) is 13.0 Å². The molecule has 47 heavy (non-hydrogen) atoms. The van der Waals surface area contributed by atoms with E-state index in [9.17, 15) is 24.3 Å². The number of aryl methyl sites for hydroxylation is 2. The second-order valence-electron chi connectivity index (χ2n) is 13.1. The highest BCUT2D eigenvalue weighted by molar-refractivity contribution is 5.92. The van der Waals surface area contributed by atoms with Gasteiger partial charge < -0.3 is 24.8 Å². The van der Waals surface area contributed by atoms with Crippen LogP contribution in [-0.2, 0) is 32.0 Å². The maximum Gasteiger partial charge on any atom is 0.411 e. The average molecular weight is 654 g/mol. The van der Waals surface area contributed by atoms with Crippen LogP contribution in [0.4, 0.5) is 4.79 Å². The van der Waals surface area contributed by atoms with Crippen LogP contribution in [0.2, 0.25) is 0 Å². The number of nitrogens with zero attached hydrogens (tertiary/aromatic N) is 2. The van der Waals surface area contributed by atoms with Crippen LogP contribution in [0.1, 0.15) is 91.7 Å². The molecule has 0 aliphatic rings. The summed E-state index contributed by atoms with van der Waals surface area (Å²) in [6.45, 7) is 12.8. The number of para-hydroxylation sites is 1. The Hall–Kier alpha value is -4.08. The number of carboxylic acid groups (broad SMARTS) is 1. The molecule has 0 fully saturated rings. The lowest BCUT2D eigenvalue weighted by atomic mass is 10.0. The Kier molecular flexibility index (Phi) is 15.7. The fourth-order valence-electron chi connectivity index (χ4n) is 5.17. The van der Waals surface area contributed by atoms with E-state index < -0.39 is 53.7 Å². The number of amides is 3. The summed E-state index contributed by atoms with van der Waals surface area (Å²) < 4.78 is 12.1. The molecule has 0 spiro atoms. The van der Waals surface area contributed by atoms with Gasteiger partial charge in [-0.3, -0.25) is 14.5 Å². The van der Waals surface area contributed by atoms with Gasteiger partial charge in [0.1, 0.15) is 35.6 Å². The lowest BCUT2D eigenvalue weighted by Gasteiger charge is -2.37. The van der Waals surface area contributed by atoms with Gasteiger partial charge in [0, 0.05) is 7.05 Å². The van der Waals surface area contributed by atoms with Gasteiger partial charge in [-0.2, -0.15) is 0 Å². The normalized spacial score (nSPS) is 13.9. The quantitative estimate of drug-likeness (QED) is 0.195. The van der Waals surface area contributed by atoms with Crippen LogP contribution in [0.5, 0.6) is 5.75 Å². The van der Waals surface area contributed by atoms with Gasteiger partial charge in [0.05, 0.1) is 6.54 Å². The number of likely N-dealkylation sites (N-methyl/N-ethyl adjacent to an activating group) is 1. The van der Waals surface area contributed by atoms with E-state index in [1.54, 1.807) is 27.7 Å². The van der Waals surface area contributed by atoms with Crippen molar-refractivity contribution < 1.29 is 33.8 Å². The van der Waals surface area contributed by atoms with Crippen LogP contribution in [-0.4, -0.2) is 82.2 Å². The number of ether oxygens (including phenoxy) is 2. The number of aliphatic carboxylic acids is 1. The Morgan fingerprint density at radius 1 is 0.894 bits per heavy atom. The molecule has 10 nitrogen and oxygen atoms in total. The SMILES string of the molecule is CCCCc1ccccc1O[C@H](C)CN(C(=O)OC(C)(C)C)[C@@H](CCC)C(=O)N(C)[C@H](C)C(=O)N[C@H](CCc1ccccc1)C(=O)O. The van der Waals surface area contributed by atoms with Crippen molar-refractivity contribution in [2.24, 2.45) is 0 Å². The molecular weight excluding hydrogens is 598 g/mol. The number of carbonyl (C=O) groups excluding carboxylic acids is 3. The topological polar surface area (TPSA) is 125 Å². The number of hydrogen-bond acceptors (Lipinski definition) is 6. The Bertz CT molecular complexity index is 1290. The summed E-state index contributed by atoms with van der Waals surface area (Å²) in [5.74, 6) is -1.47. The molecule has 0 heterocycles. The van der Waals surface area contributed by atoms with Crippen molar-refractivity contribution in [3.8, 4) is 5.75 Å². The molecule has 0 bridgehead atoms. The Balaban J connectivity index is 2.26. The largest absolute Gasteiger partial charge is 0.489 e. The minimum Gasteiger partial charge on any atom is -0.489 e. The van der Waals surface area contributed by atoms with Gasteiger partial charge in [0.25, 0.3) is 0 Å². The van der Waals surface area contributed by atoms with Crippen molar-refractivity contribution in [3.63, 3.8) is 0 Å². The van der Waals surface area contributed by atoms with Crippen LogP contribution >= 0.6 is 0 Å². The number of carboxylic acids is 1. The molecule has 0 unspecified atom stereocenters. The third-order valence-corrected chi connectivity index (χ3v) is 7.89. The molecule has 0 aromatic heterocycles. The van der Waals surface area contributed by atoms with E-state index in [0.29, 0.717) is 19.3 Å². The second-order valence-corrected chi connectivity index (χ2v) is 13.1. The summed E-state index contributed by atoms with van der Waals surface area (Å²) in [6.07, 6.45) is 3.36. The molecule has 0 radical (unpaired) electrons. The monoisotopic (exact) mass is 653 g/mol. The average Bonchev–Trinajstić information content (AvgIpc) is 3.02. The first-order valence-corrected chi connectivity index (χ1v) is 16.8. The van der Waals surface area contributed by atoms with Gasteiger partial charge in [-0.1, -0.05) is 75.2 Å². The molecule has 2 aromatic carbocycles. The van der Waals surface area contributed by atoms with E-state index in [0.717, 1.165) is 36.1 Å². The fraction of sp³-hybridized carbons (Fsp3) is 0.568. The molecule has 2 aromatic rings. The van der Waals surface area contributed by atoms with Crippen molar-refractivity contribution in [2.75, 3.05) is 13.6 Å². The van der Waals surface area contributed by atoms with Crippen LogP contribution in [0.25, 0.3) is 0 Å². The summed E-state index contributed by atoms with van der Waals surface area (Å²) in [5.41, 5.74) is 1.23. The van der Waals surface area contributed by atoms with Crippen LogP contribution in [0, 0.1) is 0 Å². The number of carbonyl (C=O) groups is 4. The van der Waals surface area contributed by atoms with E-state index in [4.69, 9.17) is 9.47 Å². The molecule has 3 amide bonds. The molecule has 4 atom stereocenters. The first-order chi connectivity index (χ1) is 22.2. The molecule has 2 N–H and O–H groups in total. The molecule has 0 aliphatic heterocycles. The zero-order valence-electron chi connectivity index (χ0n) is 29.5. The molecule has 0 saturated heterocycles. The molecule has 0 aliphatic carbocycles. The van der Waals surface area contributed by atoms with Crippen LogP contribution < -0.4 is 10.1 Å². The minimum atomic E-state index is -1.15. The standard InChI is InChI=1S/C37H55N3O7/c1-9-11-20-29-21-15-16-22-32(29)46-26(3)25-40(36(45)47-37(5,6)7)31(17-10-2)34(42)39(8)27(4)33(41)38-30(35(43)44)24-23-28-18-13-12-14-19-28/h12-16,18-19,21-22,26-27,30-31H,9-11,17,20,23-25H2,1-8H3,(H,38,41)(H,43,44)/t26-,27-,30-,31+/m1/s1. The predicted molar refractivity (Wildman–Crippen MR) is 183 cm³/mol. The summed E-state index contributed by atoms with van der Waals surface area (Å²) in [6, 6.07) is 14.2. The first kappa shape index (κ1) is 39.1. The van der Waals surface area contributed by atoms with E-state index in [2.05, 4.69) is 12.2 Å². The maximum absolute atomic E-state index is 14.1. The lowest BCUT2D eigenvalue weighted by molar-refractivity contribution is -0.145. The Morgan fingerprint density at radius 2 is 1.53 bits per heavy atom. The van der Waals surface area contributed by atoms with Gasteiger partial charge >= 0.3 is 12.1 Å². The molecule has 260 valence electrons. The third-order valence-electron chi connectivity index (χ3n) is 7.89. The Labute approximate surface area is 280 Å². The van der Waals surface area contributed by atoms with Crippen LogP contribution in [0.3, 0.4) is 0 Å². The number of benzene rings is 2. The summed E-state index contributed by atoms with van der Waals surface area (Å²) >= 11 is 0. The van der Waals surface area contributed by atoms with Crippen molar-refractivity contribution in [1.82, 2.24) is 15.1 Å². The smallest absolute Gasteiger partial charge is 0.411 e. The van der Waals surface area contributed by atoms with Crippen LogP contribution in [0.15, 0.2) is 54.6 Å². The minimum absolute atomic E-state index is 0.0718. The molecule has 10 heteroatoms. The zero-order valence-corrected chi connectivity index (χ0v) is 29.5. The zero-order chi connectivity index (χ0) is 35.1. The highest BCUT2D eigenvalue weighted by Gasteiger charge is 2.38. The fourth-order valence-corrected chi connectivity index (χ4v) is 5.17. The highest BCUT2D eigenvalue weighted by Crippen LogP contribution is 2.24. The van der Waals surface area contributed by atoms with Gasteiger partial charge in [-0.05, 0) is 83.9 Å². The first-order valence-electron chi connectivity index (χ1n) is 16.8. The van der Waals surface area contributed by atoms with E-state index in [1.165, 1.54) is 16.8 Å². The number of rotatable bonds is 18. The summed E-state index contributed by atoms with van der Waals surface area (Å²) in [7, 11) is 1.49. The van der Waals surface area contributed by atoms with Crippen molar-refractivity contribution in [1.29, 1.82) is 0 Å². The van der Waals surface area contributed by atoms with Crippen molar-refractivity contribution in [3.05, 3.63) is 65.7 Å². The molecular formula is C37H55N3O7. The predicted octanol–water partition coefficient (Wildman–Crippen LogP) is 6.25. The summed E-state index contributed by atoms with van der Waals surface area (Å²) in [5, 5.41) is 12.4. The number of unbranched alkanes of at least 4 members (excludes halogenated alkanes) is 1. The molecule has 0 saturated carbocycles. The van der Waals surface area contributed by atoms with Gasteiger partial charge in [0.15, 0.2) is 0 Å². The maximum atomic E-state index is 14.1. The summed E-state index contributed by atoms with van der Waals surface area (Å²) in [4.78, 5) is 55.7. The number of hydrogen-bond donors (Lipinski definition) is 2.